The number of aromatic nitrogens is 2. The Morgan fingerprint density at radius 2 is 1.89 bits per heavy atom. The Morgan fingerprint density at radius 1 is 1.17 bits per heavy atom. The molecule has 0 spiro atoms. The predicted molar refractivity (Wildman–Crippen MR) is 79.6 cm³/mol. The van der Waals surface area contributed by atoms with Gasteiger partial charge in [0.1, 0.15) is 5.01 Å². The van der Waals surface area contributed by atoms with Crippen molar-refractivity contribution < 1.29 is 0 Å². The van der Waals surface area contributed by atoms with Gasteiger partial charge in [0, 0.05) is 11.7 Å². The Balaban J connectivity index is 1.82. The van der Waals surface area contributed by atoms with Crippen LogP contribution in [-0.2, 0) is 6.42 Å². The number of thioether (sulfide) groups is 1. The maximum Gasteiger partial charge on any atom is 0.174 e. The zero-order chi connectivity index (χ0) is 13.0. The highest BCUT2D eigenvalue weighted by Gasteiger charge is 2.07. The first-order valence-electron chi connectivity index (χ1n) is 6.17. The molecule has 0 aliphatic rings. The van der Waals surface area contributed by atoms with Crippen molar-refractivity contribution in [2.45, 2.75) is 37.4 Å². The Bertz CT molecular complexity index is 489. The molecule has 0 aliphatic heterocycles. The average molecular weight is 278 g/mol. The van der Waals surface area contributed by atoms with Gasteiger partial charge in [0.05, 0.1) is 0 Å². The molecule has 0 aliphatic carbocycles. The fourth-order valence-electron chi connectivity index (χ4n) is 1.52. The monoisotopic (exact) mass is 278 g/mol. The third-order valence-electron chi connectivity index (χ3n) is 2.65. The lowest BCUT2D eigenvalue weighted by Crippen LogP contribution is -1.88. The van der Waals surface area contributed by atoms with E-state index < -0.39 is 0 Å². The highest BCUT2D eigenvalue weighted by Crippen LogP contribution is 2.27. The van der Waals surface area contributed by atoms with Crippen molar-refractivity contribution >= 4 is 23.1 Å². The van der Waals surface area contributed by atoms with E-state index in [9.17, 15) is 0 Å². The minimum Gasteiger partial charge on any atom is -0.142 e. The molecule has 2 nitrogen and oxygen atoms in total. The van der Waals surface area contributed by atoms with Gasteiger partial charge in [-0.15, -0.1) is 10.2 Å². The summed E-state index contributed by atoms with van der Waals surface area (Å²) in [6.07, 6.45) is 1.08. The quantitative estimate of drug-likeness (QED) is 0.762. The largest absolute Gasteiger partial charge is 0.174 e. The molecular formula is C14H18N2S2. The van der Waals surface area contributed by atoms with E-state index in [-0.39, 0.29) is 0 Å². The van der Waals surface area contributed by atoms with Crippen LogP contribution in [-0.4, -0.2) is 16.0 Å². The number of benzene rings is 1. The second-order valence-electron chi connectivity index (χ2n) is 4.64. The molecule has 4 heteroatoms. The van der Waals surface area contributed by atoms with Crippen LogP contribution in [0.15, 0.2) is 28.6 Å². The smallest absolute Gasteiger partial charge is 0.142 e. The van der Waals surface area contributed by atoms with Gasteiger partial charge >= 0.3 is 0 Å². The van der Waals surface area contributed by atoms with Gasteiger partial charge in [-0.05, 0) is 18.9 Å². The Morgan fingerprint density at radius 3 is 2.50 bits per heavy atom. The normalized spacial score (nSPS) is 11.1. The SMILES string of the molecule is Cc1ccc(CCSc2nnc(C(C)C)s2)cc1. The molecule has 2 rings (SSSR count). The molecule has 0 saturated heterocycles. The summed E-state index contributed by atoms with van der Waals surface area (Å²) in [7, 11) is 0. The summed E-state index contributed by atoms with van der Waals surface area (Å²) in [4.78, 5) is 0. The van der Waals surface area contributed by atoms with Gasteiger partial charge in [-0.2, -0.15) is 0 Å². The third kappa shape index (κ3) is 3.82. The minimum absolute atomic E-state index is 0.481. The lowest BCUT2D eigenvalue weighted by molar-refractivity contribution is 0.817. The van der Waals surface area contributed by atoms with Crippen LogP contribution in [0.1, 0.15) is 35.9 Å². The lowest BCUT2D eigenvalue weighted by atomic mass is 10.1. The molecule has 0 unspecified atom stereocenters. The van der Waals surface area contributed by atoms with Crippen molar-refractivity contribution in [2.24, 2.45) is 0 Å². The first-order valence-corrected chi connectivity index (χ1v) is 7.97. The average Bonchev–Trinajstić information content (AvgIpc) is 2.81. The van der Waals surface area contributed by atoms with E-state index in [2.05, 4.69) is 55.2 Å². The maximum absolute atomic E-state index is 4.21. The van der Waals surface area contributed by atoms with Gasteiger partial charge in [-0.3, -0.25) is 0 Å². The predicted octanol–water partition coefficient (Wildman–Crippen LogP) is 4.30. The first kappa shape index (κ1) is 13.6. The van der Waals surface area contributed by atoms with Crippen molar-refractivity contribution in [1.82, 2.24) is 10.2 Å². The summed E-state index contributed by atoms with van der Waals surface area (Å²) >= 11 is 3.52. The van der Waals surface area contributed by atoms with Crippen LogP contribution in [0.3, 0.4) is 0 Å². The molecule has 1 heterocycles. The summed E-state index contributed by atoms with van der Waals surface area (Å²) in [5.74, 6) is 1.55. The van der Waals surface area contributed by atoms with Gasteiger partial charge in [0.25, 0.3) is 0 Å². The van der Waals surface area contributed by atoms with E-state index in [0.29, 0.717) is 5.92 Å². The van der Waals surface area contributed by atoms with Crippen LogP contribution < -0.4 is 0 Å². The number of hydrogen-bond donors (Lipinski definition) is 0. The van der Waals surface area contributed by atoms with Crippen molar-refractivity contribution in [1.29, 1.82) is 0 Å². The number of nitrogens with zero attached hydrogens (tertiary/aromatic N) is 2. The molecule has 0 atom stereocenters. The van der Waals surface area contributed by atoms with Crippen LogP contribution >= 0.6 is 23.1 Å². The fourth-order valence-corrected chi connectivity index (χ4v) is 3.45. The maximum atomic E-state index is 4.21. The Kier molecular flexibility index (Phi) is 4.78. The number of rotatable bonds is 5. The van der Waals surface area contributed by atoms with E-state index in [1.807, 2.05) is 0 Å². The number of hydrogen-bond acceptors (Lipinski definition) is 4. The van der Waals surface area contributed by atoms with Gasteiger partial charge in [-0.1, -0.05) is 66.8 Å². The van der Waals surface area contributed by atoms with E-state index in [4.69, 9.17) is 0 Å². The van der Waals surface area contributed by atoms with E-state index >= 15 is 0 Å². The zero-order valence-corrected chi connectivity index (χ0v) is 12.6. The van der Waals surface area contributed by atoms with Crippen molar-refractivity contribution in [2.75, 3.05) is 5.75 Å². The zero-order valence-electron chi connectivity index (χ0n) is 11.0. The molecular weight excluding hydrogens is 260 g/mol. The third-order valence-corrected chi connectivity index (χ3v) is 5.01. The molecule has 0 fully saturated rings. The van der Waals surface area contributed by atoms with Crippen LogP contribution in [0.5, 0.6) is 0 Å². The van der Waals surface area contributed by atoms with Crippen molar-refractivity contribution in [3.63, 3.8) is 0 Å². The standard InChI is InChI=1S/C14H18N2S2/c1-10(2)13-15-16-14(18-13)17-9-8-12-6-4-11(3)5-7-12/h4-7,10H,8-9H2,1-3H3. The molecule has 0 saturated carbocycles. The Hall–Kier alpha value is -0.870. The second kappa shape index (κ2) is 6.34. The van der Waals surface area contributed by atoms with Crippen LogP contribution in [0.2, 0.25) is 0 Å². The molecule has 0 amide bonds. The summed E-state index contributed by atoms with van der Waals surface area (Å²) < 4.78 is 1.09. The van der Waals surface area contributed by atoms with Gasteiger partial charge in [0.2, 0.25) is 0 Å². The highest BCUT2D eigenvalue weighted by molar-refractivity contribution is 8.01. The van der Waals surface area contributed by atoms with Crippen LogP contribution in [0.25, 0.3) is 0 Å². The van der Waals surface area contributed by atoms with E-state index in [1.54, 1.807) is 23.1 Å². The topological polar surface area (TPSA) is 25.8 Å². The van der Waals surface area contributed by atoms with Gasteiger partial charge < -0.3 is 0 Å². The molecule has 1 aromatic heterocycles. The number of aryl methyl sites for hydroxylation is 2. The molecule has 0 bridgehead atoms. The molecule has 96 valence electrons. The summed E-state index contributed by atoms with van der Waals surface area (Å²) in [5.41, 5.74) is 2.71. The summed E-state index contributed by atoms with van der Waals surface area (Å²) in [6.45, 7) is 6.43. The minimum atomic E-state index is 0.481. The first-order chi connectivity index (χ1) is 8.65. The summed E-state index contributed by atoms with van der Waals surface area (Å²) in [5, 5.41) is 9.55. The summed E-state index contributed by atoms with van der Waals surface area (Å²) in [6, 6.07) is 8.74. The second-order valence-corrected chi connectivity index (χ2v) is 7.00. The lowest BCUT2D eigenvalue weighted by Gasteiger charge is -2.00. The van der Waals surface area contributed by atoms with Crippen LogP contribution in [0, 0.1) is 6.92 Å². The van der Waals surface area contributed by atoms with Crippen LogP contribution in [0.4, 0.5) is 0 Å². The van der Waals surface area contributed by atoms with Gasteiger partial charge in [-0.25, -0.2) is 0 Å². The van der Waals surface area contributed by atoms with Gasteiger partial charge in [0.15, 0.2) is 4.34 Å². The molecule has 0 N–H and O–H groups in total. The molecule has 2 aromatic rings. The van der Waals surface area contributed by atoms with E-state index in [1.165, 1.54) is 11.1 Å². The molecule has 18 heavy (non-hydrogen) atoms. The molecule has 1 aromatic carbocycles. The highest BCUT2D eigenvalue weighted by atomic mass is 32.2. The van der Waals surface area contributed by atoms with E-state index in [0.717, 1.165) is 21.5 Å². The Labute approximate surface area is 117 Å². The fraction of sp³-hybridized carbons (Fsp3) is 0.429. The van der Waals surface area contributed by atoms with Crippen molar-refractivity contribution in [3.8, 4) is 0 Å². The van der Waals surface area contributed by atoms with Crippen molar-refractivity contribution in [3.05, 3.63) is 40.4 Å². The molecule has 0 radical (unpaired) electrons.